The van der Waals surface area contributed by atoms with Crippen molar-refractivity contribution in [1.29, 1.82) is 0 Å². The van der Waals surface area contributed by atoms with Gasteiger partial charge in [-0.05, 0) is 85.1 Å². The standard InChI is InChI=1S/C41H42ClN3O5S/c1-3-4-26-43-41(47)39(28-32-12-7-5-8-13-32)44(29-33-14-11-15-34(42)27-33)40(46)30-45(51(48,49)38-24-18-31(2)19-25-38)35-20-22-37(23-21-35)50-36-16-9-6-10-17-36/h5-25,27,39H,3-4,26,28-30H2,1-2H3,(H,43,47)/t39-/m0/s1. The molecule has 0 bridgehead atoms. The van der Waals surface area contributed by atoms with Gasteiger partial charge >= 0.3 is 0 Å². The number of benzene rings is 5. The van der Waals surface area contributed by atoms with Crippen LogP contribution in [-0.2, 0) is 32.6 Å². The molecule has 0 aliphatic rings. The second-order valence-electron chi connectivity index (χ2n) is 12.2. The summed E-state index contributed by atoms with van der Waals surface area (Å²) < 4.78 is 35.8. The quantitative estimate of drug-likeness (QED) is 0.104. The highest BCUT2D eigenvalue weighted by Crippen LogP contribution is 2.29. The molecule has 0 heterocycles. The number of rotatable bonds is 16. The average Bonchev–Trinajstić information content (AvgIpc) is 3.13. The third-order valence-corrected chi connectivity index (χ3v) is 10.4. The maximum Gasteiger partial charge on any atom is 0.264 e. The molecule has 5 aromatic carbocycles. The van der Waals surface area contributed by atoms with Gasteiger partial charge in [-0.25, -0.2) is 8.42 Å². The van der Waals surface area contributed by atoms with Gasteiger partial charge in [-0.1, -0.05) is 103 Å². The van der Waals surface area contributed by atoms with Crippen LogP contribution >= 0.6 is 11.6 Å². The smallest absolute Gasteiger partial charge is 0.264 e. The molecule has 0 saturated heterocycles. The molecule has 51 heavy (non-hydrogen) atoms. The van der Waals surface area contributed by atoms with Crippen molar-refractivity contribution in [3.05, 3.63) is 155 Å². The average molecular weight is 724 g/mol. The normalized spacial score (nSPS) is 11.7. The highest BCUT2D eigenvalue weighted by molar-refractivity contribution is 7.92. The summed E-state index contributed by atoms with van der Waals surface area (Å²) in [5, 5.41) is 3.48. The lowest BCUT2D eigenvalue weighted by Crippen LogP contribution is -2.53. The van der Waals surface area contributed by atoms with Crippen molar-refractivity contribution in [2.24, 2.45) is 0 Å². The molecule has 0 aromatic heterocycles. The van der Waals surface area contributed by atoms with Gasteiger partial charge in [-0.3, -0.25) is 13.9 Å². The Morgan fingerprint density at radius 3 is 2.06 bits per heavy atom. The van der Waals surface area contributed by atoms with E-state index in [9.17, 15) is 18.0 Å². The molecule has 0 aliphatic heterocycles. The van der Waals surface area contributed by atoms with Crippen LogP contribution in [0.25, 0.3) is 0 Å². The fourth-order valence-electron chi connectivity index (χ4n) is 5.56. The first-order valence-electron chi connectivity index (χ1n) is 16.9. The molecule has 0 radical (unpaired) electrons. The lowest BCUT2D eigenvalue weighted by molar-refractivity contribution is -0.140. The summed E-state index contributed by atoms with van der Waals surface area (Å²) in [5.74, 6) is 0.251. The van der Waals surface area contributed by atoms with E-state index in [1.54, 1.807) is 54.6 Å². The maximum absolute atomic E-state index is 14.7. The summed E-state index contributed by atoms with van der Waals surface area (Å²) in [4.78, 5) is 30.1. The van der Waals surface area contributed by atoms with Crippen LogP contribution in [0.4, 0.5) is 5.69 Å². The number of halogens is 1. The van der Waals surface area contributed by atoms with E-state index in [4.69, 9.17) is 16.3 Å². The third kappa shape index (κ3) is 10.2. The first-order valence-corrected chi connectivity index (χ1v) is 18.7. The zero-order valence-electron chi connectivity index (χ0n) is 28.7. The number of anilines is 1. The van der Waals surface area contributed by atoms with Crippen LogP contribution in [0.3, 0.4) is 0 Å². The molecule has 10 heteroatoms. The number of hydrogen-bond donors (Lipinski definition) is 1. The fraction of sp³-hybridized carbons (Fsp3) is 0.220. The molecule has 0 saturated carbocycles. The largest absolute Gasteiger partial charge is 0.457 e. The number of amides is 2. The van der Waals surface area contributed by atoms with Gasteiger partial charge in [0.15, 0.2) is 0 Å². The number of ether oxygens (including phenoxy) is 1. The Bertz CT molecular complexity index is 1990. The van der Waals surface area contributed by atoms with Crippen molar-refractivity contribution < 1.29 is 22.7 Å². The van der Waals surface area contributed by atoms with Crippen LogP contribution in [0.15, 0.2) is 138 Å². The van der Waals surface area contributed by atoms with E-state index < -0.39 is 28.5 Å². The number of sulfonamides is 1. The number of aryl methyl sites for hydroxylation is 1. The number of unbranched alkanes of at least 4 members (excludes halogenated alkanes) is 1. The van der Waals surface area contributed by atoms with Crippen molar-refractivity contribution in [2.45, 2.75) is 50.6 Å². The molecule has 0 unspecified atom stereocenters. The third-order valence-electron chi connectivity index (χ3n) is 8.33. The Labute approximate surface area is 305 Å². The molecule has 264 valence electrons. The van der Waals surface area contributed by atoms with Crippen LogP contribution in [0.2, 0.25) is 5.02 Å². The number of hydrogen-bond acceptors (Lipinski definition) is 5. The number of carbonyl (C=O) groups excluding carboxylic acids is 2. The zero-order valence-corrected chi connectivity index (χ0v) is 30.3. The minimum atomic E-state index is -4.25. The summed E-state index contributed by atoms with van der Waals surface area (Å²) in [6.07, 6.45) is 1.88. The SMILES string of the molecule is CCCCNC(=O)[C@H](Cc1ccccc1)N(Cc1cccc(Cl)c1)C(=O)CN(c1ccc(Oc2ccccc2)cc1)S(=O)(=O)c1ccc(C)cc1. The van der Waals surface area contributed by atoms with E-state index in [0.717, 1.165) is 28.3 Å². The van der Waals surface area contributed by atoms with Crippen molar-refractivity contribution >= 4 is 39.1 Å². The Morgan fingerprint density at radius 1 is 0.784 bits per heavy atom. The Kier molecular flexibility index (Phi) is 12.9. The van der Waals surface area contributed by atoms with Crippen molar-refractivity contribution in [3.63, 3.8) is 0 Å². The van der Waals surface area contributed by atoms with Crippen LogP contribution in [0, 0.1) is 6.92 Å². The van der Waals surface area contributed by atoms with E-state index in [1.165, 1.54) is 17.0 Å². The number of nitrogens with one attached hydrogen (secondary N) is 1. The first-order chi connectivity index (χ1) is 24.6. The van der Waals surface area contributed by atoms with Crippen molar-refractivity contribution in [1.82, 2.24) is 10.2 Å². The van der Waals surface area contributed by atoms with Crippen LogP contribution < -0.4 is 14.4 Å². The Hall–Kier alpha value is -5.12. The molecule has 0 fully saturated rings. The molecular weight excluding hydrogens is 682 g/mol. The van der Waals surface area contributed by atoms with Gasteiger partial charge in [-0.15, -0.1) is 0 Å². The monoisotopic (exact) mass is 723 g/mol. The lowest BCUT2D eigenvalue weighted by atomic mass is 10.0. The summed E-state index contributed by atoms with van der Waals surface area (Å²) >= 11 is 6.35. The summed E-state index contributed by atoms with van der Waals surface area (Å²) in [7, 11) is -4.25. The zero-order chi connectivity index (χ0) is 36.2. The van der Waals surface area contributed by atoms with Crippen LogP contribution in [-0.4, -0.2) is 44.3 Å². The number of nitrogens with zero attached hydrogens (tertiary/aromatic N) is 2. The number of para-hydroxylation sites is 1. The summed E-state index contributed by atoms with van der Waals surface area (Å²) in [6.45, 7) is 3.82. The second kappa shape index (κ2) is 17.7. The van der Waals surface area contributed by atoms with Gasteiger partial charge in [-0.2, -0.15) is 0 Å². The highest BCUT2D eigenvalue weighted by Gasteiger charge is 2.34. The predicted molar refractivity (Wildman–Crippen MR) is 203 cm³/mol. The van der Waals surface area contributed by atoms with E-state index >= 15 is 0 Å². The van der Waals surface area contributed by atoms with Crippen molar-refractivity contribution in [2.75, 3.05) is 17.4 Å². The van der Waals surface area contributed by atoms with Crippen LogP contribution in [0.5, 0.6) is 11.5 Å². The van der Waals surface area contributed by atoms with E-state index in [1.807, 2.05) is 80.6 Å². The van der Waals surface area contributed by atoms with Gasteiger partial charge in [0.1, 0.15) is 24.1 Å². The number of carbonyl (C=O) groups is 2. The van der Waals surface area contributed by atoms with Gasteiger partial charge < -0.3 is 15.0 Å². The fourth-order valence-corrected chi connectivity index (χ4v) is 7.19. The predicted octanol–water partition coefficient (Wildman–Crippen LogP) is 8.19. The Morgan fingerprint density at radius 2 is 1.41 bits per heavy atom. The maximum atomic E-state index is 14.7. The van der Waals surface area contributed by atoms with E-state index in [2.05, 4.69) is 5.32 Å². The van der Waals surface area contributed by atoms with Crippen LogP contribution in [0.1, 0.15) is 36.5 Å². The van der Waals surface area contributed by atoms with E-state index in [0.29, 0.717) is 28.6 Å². The van der Waals surface area contributed by atoms with Gasteiger partial charge in [0, 0.05) is 24.5 Å². The minimum Gasteiger partial charge on any atom is -0.457 e. The summed E-state index contributed by atoms with van der Waals surface area (Å²) in [6, 6.07) is 37.8. The molecule has 2 amide bonds. The first kappa shape index (κ1) is 37.1. The summed E-state index contributed by atoms with van der Waals surface area (Å²) in [5.41, 5.74) is 2.71. The molecule has 8 nitrogen and oxygen atoms in total. The van der Waals surface area contributed by atoms with Crippen molar-refractivity contribution in [3.8, 4) is 11.5 Å². The van der Waals surface area contributed by atoms with Gasteiger partial charge in [0.2, 0.25) is 11.8 Å². The van der Waals surface area contributed by atoms with Gasteiger partial charge in [0.25, 0.3) is 10.0 Å². The topological polar surface area (TPSA) is 96.0 Å². The molecule has 1 atom stereocenters. The second-order valence-corrected chi connectivity index (χ2v) is 14.5. The van der Waals surface area contributed by atoms with Gasteiger partial charge in [0.05, 0.1) is 10.6 Å². The lowest BCUT2D eigenvalue weighted by Gasteiger charge is -2.34. The molecule has 0 aliphatic carbocycles. The molecule has 0 spiro atoms. The molecule has 1 N–H and O–H groups in total. The minimum absolute atomic E-state index is 0.0281. The molecule has 5 rings (SSSR count). The molecule has 5 aromatic rings. The highest BCUT2D eigenvalue weighted by atomic mass is 35.5. The molecular formula is C41H42ClN3O5S. The van der Waals surface area contributed by atoms with E-state index in [-0.39, 0.29) is 29.5 Å². The Balaban J connectivity index is 1.55.